The van der Waals surface area contributed by atoms with Gasteiger partial charge in [0.1, 0.15) is 21.4 Å². The molecule has 0 aliphatic heterocycles. The van der Waals surface area contributed by atoms with Crippen LogP contribution < -0.4 is 11.1 Å². The highest BCUT2D eigenvalue weighted by atomic mass is 32.1. The Bertz CT molecular complexity index is 1390. The molecular weight excluding hydrogens is 452 g/mol. The summed E-state index contributed by atoms with van der Waals surface area (Å²) in [5.74, 6) is -1.25. The molecule has 172 valence electrons. The van der Waals surface area contributed by atoms with Gasteiger partial charge in [0.05, 0.1) is 11.4 Å². The van der Waals surface area contributed by atoms with Gasteiger partial charge in [-0.2, -0.15) is 10.2 Å². The van der Waals surface area contributed by atoms with E-state index in [1.165, 1.54) is 10.7 Å². The summed E-state index contributed by atoms with van der Waals surface area (Å²) in [7, 11) is 1.71. The predicted molar refractivity (Wildman–Crippen MR) is 120 cm³/mol. The number of aromatic nitrogens is 5. The van der Waals surface area contributed by atoms with Crippen LogP contribution in [0.3, 0.4) is 0 Å². The molecule has 1 atom stereocenters. The van der Waals surface area contributed by atoms with E-state index in [0.29, 0.717) is 22.2 Å². The summed E-state index contributed by atoms with van der Waals surface area (Å²) in [5.41, 5.74) is 7.59. The lowest BCUT2D eigenvalue weighted by atomic mass is 10.0. The number of nitrogens with two attached hydrogens (primary N) is 1. The summed E-state index contributed by atoms with van der Waals surface area (Å²) >= 11 is 0.856. The number of halogens is 2. The number of anilines is 1. The molecule has 0 aromatic carbocycles. The highest BCUT2D eigenvalue weighted by molar-refractivity contribution is 7.21. The van der Waals surface area contributed by atoms with E-state index >= 15 is 0 Å². The average molecular weight is 474 g/mol. The van der Waals surface area contributed by atoms with E-state index in [2.05, 4.69) is 20.5 Å². The van der Waals surface area contributed by atoms with Crippen LogP contribution in [0.5, 0.6) is 0 Å². The summed E-state index contributed by atoms with van der Waals surface area (Å²) in [6, 6.07) is 2.32. The summed E-state index contributed by atoms with van der Waals surface area (Å²) in [4.78, 5) is 29.6. The Morgan fingerprint density at radius 1 is 1.24 bits per heavy atom. The van der Waals surface area contributed by atoms with Gasteiger partial charge >= 0.3 is 0 Å². The van der Waals surface area contributed by atoms with Gasteiger partial charge in [0.15, 0.2) is 0 Å². The molecule has 4 rings (SSSR count). The lowest BCUT2D eigenvalue weighted by Gasteiger charge is -2.15. The van der Waals surface area contributed by atoms with Crippen LogP contribution in [0.2, 0.25) is 0 Å². The number of nitrogens with zero attached hydrogens (tertiary/aromatic N) is 5. The molecule has 0 fully saturated rings. The van der Waals surface area contributed by atoms with Gasteiger partial charge in [0.25, 0.3) is 12.3 Å². The number of nitrogens with one attached hydrogen (secondary N) is 1. The number of hydrogen-bond acceptors (Lipinski definition) is 6. The Hall–Kier alpha value is -3.67. The van der Waals surface area contributed by atoms with E-state index in [0.717, 1.165) is 17.0 Å². The van der Waals surface area contributed by atoms with E-state index in [-0.39, 0.29) is 15.4 Å². The van der Waals surface area contributed by atoms with Crippen LogP contribution in [0.4, 0.5) is 14.5 Å². The first-order chi connectivity index (χ1) is 15.6. The zero-order valence-electron chi connectivity index (χ0n) is 18.3. The van der Waals surface area contributed by atoms with Crippen LogP contribution in [0, 0.1) is 13.8 Å². The van der Waals surface area contributed by atoms with E-state index in [1.54, 1.807) is 44.0 Å². The molecule has 0 bridgehead atoms. The van der Waals surface area contributed by atoms with Crippen molar-refractivity contribution in [2.75, 3.05) is 5.32 Å². The third-order valence-electron chi connectivity index (χ3n) is 5.30. The quantitative estimate of drug-likeness (QED) is 0.442. The van der Waals surface area contributed by atoms with E-state index in [9.17, 15) is 18.4 Å². The highest BCUT2D eigenvalue weighted by Crippen LogP contribution is 2.43. The lowest BCUT2D eigenvalue weighted by Crippen LogP contribution is -2.26. The van der Waals surface area contributed by atoms with Crippen molar-refractivity contribution in [1.82, 2.24) is 24.5 Å². The van der Waals surface area contributed by atoms with Crippen LogP contribution >= 0.6 is 11.3 Å². The number of carbonyl (C=O) groups is 2. The summed E-state index contributed by atoms with van der Waals surface area (Å²) in [6.45, 7) is 5.21. The number of fused-ring (bicyclic) bond motifs is 1. The van der Waals surface area contributed by atoms with Gasteiger partial charge in [-0.15, -0.1) is 11.3 Å². The summed E-state index contributed by atoms with van der Waals surface area (Å²) in [6.07, 6.45) is 0.431. The molecule has 4 aromatic rings. The molecule has 4 aromatic heterocycles. The molecule has 2 amide bonds. The second-order valence-corrected chi connectivity index (χ2v) is 8.63. The number of pyridine rings is 1. The van der Waals surface area contributed by atoms with Gasteiger partial charge in [0, 0.05) is 36.1 Å². The summed E-state index contributed by atoms with van der Waals surface area (Å²) < 4.78 is 30.3. The SMILES string of the molecule is Cc1nn(C)cc1-c1cc(C(F)F)nc2sc(C(N)=O)c(NC(=O)C(C)n3nccc3C)c12. The maximum Gasteiger partial charge on any atom is 0.280 e. The standard InChI is InChI=1S/C21H21F2N7O2S/c1-9-5-6-25-30(9)11(3)20(32)27-16-15-12(13-8-29(4)28-10(13)2)7-14(18(22)23)26-21(15)33-17(16)19(24)31/h5-8,11,18H,1-4H3,(H2,24,31)(H,27,32). The number of hydrogen-bond donors (Lipinski definition) is 2. The molecule has 0 spiro atoms. The molecule has 33 heavy (non-hydrogen) atoms. The van der Waals surface area contributed by atoms with Crippen molar-refractivity contribution in [1.29, 1.82) is 0 Å². The number of aryl methyl sites for hydroxylation is 3. The van der Waals surface area contributed by atoms with E-state index in [1.807, 2.05) is 6.92 Å². The first-order valence-electron chi connectivity index (χ1n) is 9.95. The molecule has 3 N–H and O–H groups in total. The predicted octanol–water partition coefficient (Wildman–Crippen LogP) is 3.75. The lowest BCUT2D eigenvalue weighted by molar-refractivity contribution is -0.119. The first kappa shape index (κ1) is 22.5. The zero-order valence-corrected chi connectivity index (χ0v) is 19.1. The van der Waals surface area contributed by atoms with Crippen molar-refractivity contribution >= 4 is 39.1 Å². The molecule has 0 saturated carbocycles. The van der Waals surface area contributed by atoms with Gasteiger partial charge in [-0.05, 0) is 38.5 Å². The second-order valence-electron chi connectivity index (χ2n) is 7.63. The fraction of sp³-hybridized carbons (Fsp3) is 0.286. The van der Waals surface area contributed by atoms with E-state index < -0.39 is 30.0 Å². The number of rotatable bonds is 6. The first-order valence-corrected chi connectivity index (χ1v) is 10.8. The maximum atomic E-state index is 13.6. The van der Waals surface area contributed by atoms with Crippen molar-refractivity contribution in [2.45, 2.75) is 33.2 Å². The van der Waals surface area contributed by atoms with Crippen molar-refractivity contribution in [3.05, 3.63) is 46.5 Å². The topological polar surface area (TPSA) is 121 Å². The minimum atomic E-state index is -2.83. The number of primary amides is 1. The van der Waals surface area contributed by atoms with Gasteiger partial charge in [-0.3, -0.25) is 19.0 Å². The minimum absolute atomic E-state index is 0.0180. The number of alkyl halides is 2. The molecule has 1 unspecified atom stereocenters. The van der Waals surface area contributed by atoms with Crippen LogP contribution in [0.25, 0.3) is 21.3 Å². The van der Waals surface area contributed by atoms with Gasteiger partial charge < -0.3 is 11.1 Å². The van der Waals surface area contributed by atoms with Gasteiger partial charge in [-0.1, -0.05) is 0 Å². The maximum absolute atomic E-state index is 13.6. The van der Waals surface area contributed by atoms with Crippen molar-refractivity contribution < 1.29 is 18.4 Å². The van der Waals surface area contributed by atoms with Crippen LogP contribution in [-0.2, 0) is 11.8 Å². The normalized spacial score (nSPS) is 12.5. The Balaban J connectivity index is 1.94. The number of amides is 2. The van der Waals surface area contributed by atoms with Crippen LogP contribution in [0.1, 0.15) is 46.1 Å². The van der Waals surface area contributed by atoms with Gasteiger partial charge in [0.2, 0.25) is 5.91 Å². The molecular formula is C21H21F2N7O2S. The Labute approximate surface area is 191 Å². The molecule has 9 nitrogen and oxygen atoms in total. The fourth-order valence-corrected chi connectivity index (χ4v) is 4.74. The van der Waals surface area contributed by atoms with Crippen LogP contribution in [-0.4, -0.2) is 36.4 Å². The molecule has 12 heteroatoms. The summed E-state index contributed by atoms with van der Waals surface area (Å²) in [5, 5.41) is 11.6. The minimum Gasteiger partial charge on any atom is -0.365 e. The Kier molecular flexibility index (Phi) is 5.70. The van der Waals surface area contributed by atoms with Gasteiger partial charge in [-0.25, -0.2) is 13.8 Å². The monoisotopic (exact) mass is 473 g/mol. The Morgan fingerprint density at radius 2 is 1.97 bits per heavy atom. The third kappa shape index (κ3) is 3.97. The second kappa shape index (κ2) is 8.35. The molecule has 0 radical (unpaired) electrons. The number of thiophene rings is 1. The zero-order chi connectivity index (χ0) is 24.0. The molecule has 0 saturated heterocycles. The Morgan fingerprint density at radius 3 is 2.52 bits per heavy atom. The van der Waals surface area contributed by atoms with Crippen molar-refractivity contribution in [2.24, 2.45) is 12.8 Å². The average Bonchev–Trinajstić information content (AvgIpc) is 3.43. The third-order valence-corrected chi connectivity index (χ3v) is 6.39. The number of carbonyl (C=O) groups excluding carboxylic acids is 2. The molecule has 0 aliphatic carbocycles. The fourth-order valence-electron chi connectivity index (χ4n) is 3.72. The van der Waals surface area contributed by atoms with Crippen molar-refractivity contribution in [3.63, 3.8) is 0 Å². The largest absolute Gasteiger partial charge is 0.365 e. The highest BCUT2D eigenvalue weighted by Gasteiger charge is 2.27. The van der Waals surface area contributed by atoms with E-state index in [4.69, 9.17) is 5.73 Å². The smallest absolute Gasteiger partial charge is 0.280 e. The van der Waals surface area contributed by atoms with Crippen LogP contribution in [0.15, 0.2) is 24.5 Å². The molecule has 4 heterocycles. The molecule has 0 aliphatic rings. The van der Waals surface area contributed by atoms with Crippen molar-refractivity contribution in [3.8, 4) is 11.1 Å².